The minimum atomic E-state index is -0.419. The first-order valence-electron chi connectivity index (χ1n) is 4.91. The molecule has 0 aromatic heterocycles. The Hall–Kier alpha value is -1.78. The number of carbonyl (C=O) groups is 1. The van der Waals surface area contributed by atoms with Crippen LogP contribution in [-0.2, 0) is 11.2 Å². The van der Waals surface area contributed by atoms with Crippen molar-refractivity contribution in [1.82, 2.24) is 0 Å². The molecule has 0 fully saturated rings. The number of thioether (sulfide) groups is 1. The fourth-order valence-electron chi connectivity index (χ4n) is 1.13. The molecule has 0 aliphatic carbocycles. The summed E-state index contributed by atoms with van der Waals surface area (Å²) >= 11 is 1.12. The number of halogens is 1. The predicted molar refractivity (Wildman–Crippen MR) is 65.7 cm³/mol. The van der Waals surface area contributed by atoms with Crippen molar-refractivity contribution < 1.29 is 9.18 Å². The average Bonchev–Trinajstić information content (AvgIpc) is 2.28. The van der Waals surface area contributed by atoms with Crippen LogP contribution in [0.5, 0.6) is 0 Å². The maximum atomic E-state index is 13.4. The zero-order valence-corrected chi connectivity index (χ0v) is 10.1. The van der Waals surface area contributed by atoms with Gasteiger partial charge in [0.2, 0.25) is 0 Å². The van der Waals surface area contributed by atoms with Gasteiger partial charge < -0.3 is 0 Å². The van der Waals surface area contributed by atoms with E-state index in [9.17, 15) is 9.18 Å². The lowest BCUT2D eigenvalue weighted by Gasteiger charge is -1.97. The molecule has 0 heterocycles. The fourth-order valence-corrected chi connectivity index (χ4v) is 1.48. The van der Waals surface area contributed by atoms with E-state index in [1.807, 2.05) is 6.07 Å². The van der Waals surface area contributed by atoms with Crippen molar-refractivity contribution in [2.75, 3.05) is 5.75 Å². The Bertz CT molecular complexity index is 522. The maximum Gasteiger partial charge on any atom is 0.186 e. The van der Waals surface area contributed by atoms with E-state index in [-0.39, 0.29) is 11.5 Å². The van der Waals surface area contributed by atoms with Crippen LogP contribution in [0.3, 0.4) is 0 Å². The van der Waals surface area contributed by atoms with Gasteiger partial charge in [-0.2, -0.15) is 5.26 Å². The summed E-state index contributed by atoms with van der Waals surface area (Å²) in [5, 5.41) is 8.47. The van der Waals surface area contributed by atoms with Gasteiger partial charge in [-0.25, -0.2) is 4.39 Å². The third-order valence-corrected chi connectivity index (χ3v) is 2.60. The van der Waals surface area contributed by atoms with Crippen LogP contribution in [0.1, 0.15) is 18.1 Å². The lowest BCUT2D eigenvalue weighted by atomic mass is 10.1. The molecule has 0 amide bonds. The Morgan fingerprint density at radius 1 is 1.53 bits per heavy atom. The zero-order valence-electron chi connectivity index (χ0n) is 9.29. The first-order valence-corrected chi connectivity index (χ1v) is 5.89. The number of nitriles is 1. The van der Waals surface area contributed by atoms with Crippen LogP contribution in [0.15, 0.2) is 18.2 Å². The molecule has 0 aliphatic heterocycles. The topological polar surface area (TPSA) is 40.9 Å². The van der Waals surface area contributed by atoms with E-state index in [0.29, 0.717) is 16.9 Å². The number of rotatable bonds is 2. The molecule has 2 nitrogen and oxygen atoms in total. The van der Waals surface area contributed by atoms with Gasteiger partial charge in [-0.05, 0) is 12.1 Å². The zero-order chi connectivity index (χ0) is 12.7. The van der Waals surface area contributed by atoms with Crippen LogP contribution in [0.2, 0.25) is 0 Å². The van der Waals surface area contributed by atoms with Crippen molar-refractivity contribution in [1.29, 1.82) is 5.26 Å². The van der Waals surface area contributed by atoms with Gasteiger partial charge in [-0.15, -0.1) is 0 Å². The van der Waals surface area contributed by atoms with Crippen LogP contribution in [0, 0.1) is 29.0 Å². The van der Waals surface area contributed by atoms with Gasteiger partial charge in [0, 0.05) is 18.1 Å². The molecule has 1 aromatic rings. The molecule has 0 bridgehead atoms. The third kappa shape index (κ3) is 4.72. The summed E-state index contributed by atoms with van der Waals surface area (Å²) in [4.78, 5) is 10.6. The van der Waals surface area contributed by atoms with Crippen molar-refractivity contribution in [3.63, 3.8) is 0 Å². The Kier molecular flexibility index (Phi) is 5.26. The quantitative estimate of drug-likeness (QED) is 0.754. The minimum Gasteiger partial charge on any atom is -0.288 e. The van der Waals surface area contributed by atoms with Gasteiger partial charge in [0.15, 0.2) is 5.12 Å². The smallest absolute Gasteiger partial charge is 0.186 e. The minimum absolute atomic E-state index is 0.00912. The van der Waals surface area contributed by atoms with E-state index in [1.54, 1.807) is 12.1 Å². The molecular weight excluding hydrogens is 237 g/mol. The summed E-state index contributed by atoms with van der Waals surface area (Å²) in [6.45, 7) is 1.47. The number of benzene rings is 1. The summed E-state index contributed by atoms with van der Waals surface area (Å²) in [7, 11) is 0. The molecule has 0 radical (unpaired) electrons. The van der Waals surface area contributed by atoms with E-state index in [2.05, 4.69) is 11.8 Å². The van der Waals surface area contributed by atoms with E-state index >= 15 is 0 Å². The first-order chi connectivity index (χ1) is 8.13. The van der Waals surface area contributed by atoms with Crippen LogP contribution in [0.4, 0.5) is 4.39 Å². The highest BCUT2D eigenvalue weighted by Crippen LogP contribution is 2.10. The molecule has 0 atom stereocenters. The van der Waals surface area contributed by atoms with Crippen molar-refractivity contribution >= 4 is 16.9 Å². The second kappa shape index (κ2) is 6.73. The summed E-state index contributed by atoms with van der Waals surface area (Å²) < 4.78 is 13.4. The molecule has 4 heteroatoms. The van der Waals surface area contributed by atoms with Crippen molar-refractivity contribution in [2.24, 2.45) is 0 Å². The molecule has 86 valence electrons. The standard InChI is InChI=1S/C13H10FNOS/c1-10(16)17-8-2-3-11-4-5-12(6-7-15)13(14)9-11/h4-5,9H,6,8H2,1H3. The first kappa shape index (κ1) is 13.3. The highest BCUT2D eigenvalue weighted by Gasteiger charge is 2.01. The molecule has 0 unspecified atom stereocenters. The largest absolute Gasteiger partial charge is 0.288 e. The Morgan fingerprint density at radius 3 is 2.88 bits per heavy atom. The van der Waals surface area contributed by atoms with E-state index in [4.69, 9.17) is 5.26 Å². The fraction of sp³-hybridized carbons (Fsp3) is 0.231. The van der Waals surface area contributed by atoms with Gasteiger partial charge in [0.25, 0.3) is 0 Å². The number of hydrogen-bond donors (Lipinski definition) is 0. The van der Waals surface area contributed by atoms with Crippen molar-refractivity contribution in [3.8, 4) is 17.9 Å². The second-order valence-corrected chi connectivity index (χ2v) is 4.38. The summed E-state index contributed by atoms with van der Waals surface area (Å²) in [6, 6.07) is 6.42. The van der Waals surface area contributed by atoms with Gasteiger partial charge in [-0.1, -0.05) is 29.7 Å². The summed E-state index contributed by atoms with van der Waals surface area (Å²) in [5.74, 6) is 5.52. The normalized spacial score (nSPS) is 9.00. The highest BCUT2D eigenvalue weighted by atomic mass is 32.2. The van der Waals surface area contributed by atoms with Crippen LogP contribution in [-0.4, -0.2) is 10.9 Å². The van der Waals surface area contributed by atoms with Gasteiger partial charge in [0.05, 0.1) is 18.2 Å². The van der Waals surface area contributed by atoms with Gasteiger partial charge in [-0.3, -0.25) is 4.79 Å². The average molecular weight is 247 g/mol. The number of nitrogens with zero attached hydrogens (tertiary/aromatic N) is 1. The predicted octanol–water partition coefficient (Wildman–Crippen LogP) is 2.52. The maximum absolute atomic E-state index is 13.4. The molecule has 0 saturated heterocycles. The monoisotopic (exact) mass is 247 g/mol. The molecule has 0 spiro atoms. The molecule has 1 rings (SSSR count). The third-order valence-electron chi connectivity index (χ3n) is 1.90. The molecule has 17 heavy (non-hydrogen) atoms. The Balaban J connectivity index is 2.70. The van der Waals surface area contributed by atoms with Crippen LogP contribution in [0.25, 0.3) is 0 Å². The van der Waals surface area contributed by atoms with Gasteiger partial charge >= 0.3 is 0 Å². The lowest BCUT2D eigenvalue weighted by Crippen LogP contribution is -1.89. The molecule has 0 aliphatic rings. The van der Waals surface area contributed by atoms with E-state index in [1.165, 1.54) is 13.0 Å². The van der Waals surface area contributed by atoms with E-state index in [0.717, 1.165) is 11.8 Å². The Labute approximate surface area is 104 Å². The summed E-state index contributed by atoms with van der Waals surface area (Å²) in [6.07, 6.45) is 0.0553. The van der Waals surface area contributed by atoms with Crippen LogP contribution >= 0.6 is 11.8 Å². The second-order valence-electron chi connectivity index (χ2n) is 3.22. The lowest BCUT2D eigenvalue weighted by molar-refractivity contribution is -0.109. The Morgan fingerprint density at radius 2 is 2.29 bits per heavy atom. The molecule has 0 saturated carbocycles. The SMILES string of the molecule is CC(=O)SCC#Cc1ccc(CC#N)c(F)c1. The molecule has 1 aromatic carbocycles. The van der Waals surface area contributed by atoms with Crippen molar-refractivity contribution in [3.05, 3.63) is 35.1 Å². The van der Waals surface area contributed by atoms with Crippen molar-refractivity contribution in [2.45, 2.75) is 13.3 Å². The number of carbonyl (C=O) groups excluding carboxylic acids is 1. The van der Waals surface area contributed by atoms with Gasteiger partial charge in [0.1, 0.15) is 5.82 Å². The molecular formula is C13H10FNOS. The summed E-state index contributed by atoms with van der Waals surface area (Å²) in [5.41, 5.74) is 0.921. The molecule has 0 N–H and O–H groups in total. The van der Waals surface area contributed by atoms with E-state index < -0.39 is 5.82 Å². The van der Waals surface area contributed by atoms with Crippen LogP contribution < -0.4 is 0 Å². The number of hydrogen-bond acceptors (Lipinski definition) is 3. The highest BCUT2D eigenvalue weighted by molar-refractivity contribution is 8.13.